The highest BCUT2D eigenvalue weighted by Crippen LogP contribution is 2.18. The molecule has 0 aliphatic carbocycles. The molecule has 16 heavy (non-hydrogen) atoms. The fraction of sp³-hybridized carbons (Fsp3) is 0.250. The van der Waals surface area contributed by atoms with E-state index in [4.69, 9.17) is 5.73 Å². The summed E-state index contributed by atoms with van der Waals surface area (Å²) in [6.45, 7) is 3.47. The molecule has 1 heterocycles. The molecule has 4 heteroatoms. The molecule has 0 amide bonds. The molecular weight excluding hydrogens is 222 g/mol. The van der Waals surface area contributed by atoms with E-state index in [2.05, 4.69) is 36.3 Å². The molecule has 0 bridgehead atoms. The van der Waals surface area contributed by atoms with Gasteiger partial charge in [-0.15, -0.1) is 12.4 Å². The van der Waals surface area contributed by atoms with Crippen LogP contribution in [0.25, 0.3) is 11.1 Å². The Bertz CT molecular complexity index is 434. The van der Waals surface area contributed by atoms with E-state index in [1.807, 2.05) is 17.1 Å². The van der Waals surface area contributed by atoms with Crippen molar-refractivity contribution in [1.29, 1.82) is 0 Å². The zero-order valence-corrected chi connectivity index (χ0v) is 10.1. The second kappa shape index (κ2) is 5.68. The molecular formula is C12H16ClN3. The third-order valence-corrected chi connectivity index (χ3v) is 2.38. The molecule has 2 N–H and O–H groups in total. The van der Waals surface area contributed by atoms with E-state index < -0.39 is 0 Å². The number of rotatable bonds is 3. The molecule has 2 aromatic rings. The predicted molar refractivity (Wildman–Crippen MR) is 68.7 cm³/mol. The molecule has 3 nitrogen and oxygen atoms in total. The fourth-order valence-corrected chi connectivity index (χ4v) is 1.51. The van der Waals surface area contributed by atoms with E-state index in [0.717, 1.165) is 12.1 Å². The smallest absolute Gasteiger partial charge is 0.0568 e. The van der Waals surface area contributed by atoms with Crippen LogP contribution in [0.1, 0.15) is 5.56 Å². The van der Waals surface area contributed by atoms with Crippen LogP contribution in [-0.2, 0) is 6.54 Å². The number of aromatic nitrogens is 2. The van der Waals surface area contributed by atoms with Crippen LogP contribution in [0.5, 0.6) is 0 Å². The van der Waals surface area contributed by atoms with Crippen molar-refractivity contribution in [1.82, 2.24) is 9.78 Å². The van der Waals surface area contributed by atoms with Crippen molar-refractivity contribution in [2.45, 2.75) is 13.5 Å². The molecule has 0 atom stereocenters. The highest BCUT2D eigenvalue weighted by Gasteiger charge is 2.00. The number of hydrogen-bond acceptors (Lipinski definition) is 2. The van der Waals surface area contributed by atoms with E-state index in [9.17, 15) is 0 Å². The summed E-state index contributed by atoms with van der Waals surface area (Å²) >= 11 is 0. The summed E-state index contributed by atoms with van der Waals surface area (Å²) < 4.78 is 1.87. The Morgan fingerprint density at radius 2 is 1.88 bits per heavy atom. The first-order valence-corrected chi connectivity index (χ1v) is 5.09. The molecule has 0 spiro atoms. The van der Waals surface area contributed by atoms with Crippen molar-refractivity contribution in [2.75, 3.05) is 6.54 Å². The summed E-state index contributed by atoms with van der Waals surface area (Å²) in [5, 5.41) is 4.24. The normalized spacial score (nSPS) is 9.88. The van der Waals surface area contributed by atoms with Crippen LogP contribution >= 0.6 is 12.4 Å². The highest BCUT2D eigenvalue weighted by molar-refractivity contribution is 5.85. The van der Waals surface area contributed by atoms with E-state index in [1.165, 1.54) is 11.1 Å². The molecule has 0 unspecified atom stereocenters. The Balaban J connectivity index is 0.00000128. The number of benzene rings is 1. The van der Waals surface area contributed by atoms with Gasteiger partial charge in [0, 0.05) is 18.3 Å². The van der Waals surface area contributed by atoms with E-state index in [0.29, 0.717) is 6.54 Å². The minimum atomic E-state index is 0. The molecule has 1 aromatic carbocycles. The number of nitrogens with zero attached hydrogens (tertiary/aromatic N) is 2. The first-order valence-electron chi connectivity index (χ1n) is 5.09. The van der Waals surface area contributed by atoms with Crippen molar-refractivity contribution in [3.05, 3.63) is 42.2 Å². The summed E-state index contributed by atoms with van der Waals surface area (Å²) in [7, 11) is 0. The van der Waals surface area contributed by atoms with Crippen LogP contribution in [0, 0.1) is 6.92 Å². The van der Waals surface area contributed by atoms with Gasteiger partial charge in [-0.25, -0.2) is 0 Å². The third kappa shape index (κ3) is 2.84. The van der Waals surface area contributed by atoms with Crippen molar-refractivity contribution >= 4 is 12.4 Å². The highest BCUT2D eigenvalue weighted by atomic mass is 35.5. The van der Waals surface area contributed by atoms with Crippen molar-refractivity contribution in [3.8, 4) is 11.1 Å². The Hall–Kier alpha value is -1.32. The predicted octanol–water partition coefficient (Wildman–Crippen LogP) is 2.24. The van der Waals surface area contributed by atoms with Gasteiger partial charge in [-0.2, -0.15) is 5.10 Å². The summed E-state index contributed by atoms with van der Waals surface area (Å²) in [4.78, 5) is 0. The van der Waals surface area contributed by atoms with Gasteiger partial charge >= 0.3 is 0 Å². The maximum atomic E-state index is 5.47. The Morgan fingerprint density at radius 3 is 2.50 bits per heavy atom. The van der Waals surface area contributed by atoms with E-state index in [1.54, 1.807) is 0 Å². The van der Waals surface area contributed by atoms with Crippen molar-refractivity contribution in [3.63, 3.8) is 0 Å². The molecule has 0 aliphatic rings. The van der Waals surface area contributed by atoms with E-state index >= 15 is 0 Å². The second-order valence-corrected chi connectivity index (χ2v) is 3.65. The maximum absolute atomic E-state index is 5.47. The Kier molecular flexibility index (Phi) is 4.52. The second-order valence-electron chi connectivity index (χ2n) is 3.65. The molecule has 0 aliphatic heterocycles. The quantitative estimate of drug-likeness (QED) is 0.890. The standard InChI is InChI=1S/C12H15N3.ClH/c1-10-2-4-11(5-3-10)12-8-14-15(9-12)7-6-13;/h2-5,8-9H,6-7,13H2,1H3;1H. The number of nitrogens with two attached hydrogens (primary N) is 1. The average molecular weight is 238 g/mol. The fourth-order valence-electron chi connectivity index (χ4n) is 1.51. The van der Waals surface area contributed by atoms with Gasteiger partial charge in [0.1, 0.15) is 0 Å². The zero-order valence-electron chi connectivity index (χ0n) is 9.26. The van der Waals surface area contributed by atoms with Crippen LogP contribution < -0.4 is 5.73 Å². The molecule has 1 aromatic heterocycles. The van der Waals surface area contributed by atoms with Gasteiger partial charge in [-0.05, 0) is 12.5 Å². The van der Waals surface area contributed by atoms with Gasteiger partial charge in [-0.3, -0.25) is 4.68 Å². The lowest BCUT2D eigenvalue weighted by Crippen LogP contribution is -2.09. The largest absolute Gasteiger partial charge is 0.329 e. The topological polar surface area (TPSA) is 43.8 Å². The van der Waals surface area contributed by atoms with Crippen molar-refractivity contribution in [2.24, 2.45) is 5.73 Å². The van der Waals surface area contributed by atoms with Gasteiger partial charge in [0.05, 0.1) is 12.7 Å². The van der Waals surface area contributed by atoms with Gasteiger partial charge in [-0.1, -0.05) is 29.8 Å². The molecule has 0 radical (unpaired) electrons. The summed E-state index contributed by atoms with van der Waals surface area (Å²) in [6, 6.07) is 8.43. The maximum Gasteiger partial charge on any atom is 0.0568 e. The van der Waals surface area contributed by atoms with Crippen LogP contribution in [0.3, 0.4) is 0 Å². The monoisotopic (exact) mass is 237 g/mol. The molecule has 0 saturated carbocycles. The van der Waals surface area contributed by atoms with Gasteiger partial charge in [0.2, 0.25) is 0 Å². The van der Waals surface area contributed by atoms with Crippen LogP contribution in [0.4, 0.5) is 0 Å². The zero-order chi connectivity index (χ0) is 10.7. The molecule has 0 fully saturated rings. The van der Waals surface area contributed by atoms with Gasteiger partial charge in [0.25, 0.3) is 0 Å². The first-order chi connectivity index (χ1) is 7.29. The number of hydrogen-bond donors (Lipinski definition) is 1. The summed E-state index contributed by atoms with van der Waals surface area (Å²) in [6.07, 6.45) is 3.90. The molecule has 2 rings (SSSR count). The van der Waals surface area contributed by atoms with Crippen LogP contribution in [0.15, 0.2) is 36.7 Å². The number of aryl methyl sites for hydroxylation is 1. The minimum absolute atomic E-state index is 0. The average Bonchev–Trinajstić information content (AvgIpc) is 2.68. The lowest BCUT2D eigenvalue weighted by atomic mass is 10.1. The van der Waals surface area contributed by atoms with Crippen LogP contribution in [-0.4, -0.2) is 16.3 Å². The van der Waals surface area contributed by atoms with Gasteiger partial charge in [0.15, 0.2) is 0 Å². The molecule has 86 valence electrons. The first kappa shape index (κ1) is 12.7. The SMILES string of the molecule is Cc1ccc(-c2cnn(CCN)c2)cc1.Cl. The lowest BCUT2D eigenvalue weighted by molar-refractivity contribution is 0.625. The Morgan fingerprint density at radius 1 is 1.19 bits per heavy atom. The minimum Gasteiger partial charge on any atom is -0.329 e. The van der Waals surface area contributed by atoms with Crippen molar-refractivity contribution < 1.29 is 0 Å². The summed E-state index contributed by atoms with van der Waals surface area (Å²) in [5.74, 6) is 0. The Labute approximate surface area is 102 Å². The van der Waals surface area contributed by atoms with Crippen LogP contribution in [0.2, 0.25) is 0 Å². The summed E-state index contributed by atoms with van der Waals surface area (Å²) in [5.41, 5.74) is 9.08. The number of halogens is 1. The lowest BCUT2D eigenvalue weighted by Gasteiger charge is -1.98. The van der Waals surface area contributed by atoms with E-state index in [-0.39, 0.29) is 12.4 Å². The van der Waals surface area contributed by atoms with Gasteiger partial charge < -0.3 is 5.73 Å². The molecule has 0 saturated heterocycles. The third-order valence-electron chi connectivity index (χ3n) is 2.38.